The van der Waals surface area contributed by atoms with Crippen LogP contribution in [-0.2, 0) is 16.6 Å². The Kier molecular flexibility index (Phi) is 11.1. The van der Waals surface area contributed by atoms with Crippen molar-refractivity contribution in [3.63, 3.8) is 0 Å². The lowest BCUT2D eigenvalue weighted by atomic mass is 9.59. The number of hydrogen-bond donors (Lipinski definition) is 2. The van der Waals surface area contributed by atoms with Gasteiger partial charge in [-0.3, -0.25) is 34.0 Å². The Bertz CT molecular complexity index is 2740. The molecule has 0 bridgehead atoms. The number of nitrogens with one attached hydrogen (secondary N) is 2. The highest BCUT2D eigenvalue weighted by molar-refractivity contribution is 7.98. The van der Waals surface area contributed by atoms with Gasteiger partial charge in [-0.05, 0) is 62.4 Å². The molecule has 6 heterocycles. The molecule has 2 spiro atoms. The number of anilines is 3. The highest BCUT2D eigenvalue weighted by Gasteiger charge is 2.59. The maximum atomic E-state index is 15.6. The molecule has 1 saturated carbocycles. The Morgan fingerprint density at radius 3 is 2.54 bits per heavy atom. The first kappa shape index (κ1) is 42.5. The lowest BCUT2D eigenvalue weighted by Crippen LogP contribution is -2.72. The molecule has 330 valence electrons. The van der Waals surface area contributed by atoms with Gasteiger partial charge in [-0.25, -0.2) is 22.9 Å². The summed E-state index contributed by atoms with van der Waals surface area (Å²) >= 11 is 1.28. The number of carbonyl (C=O) groups excluding carboxylic acids is 2. The van der Waals surface area contributed by atoms with Crippen LogP contribution in [0.1, 0.15) is 58.1 Å². The molecule has 1 aliphatic carbocycles. The third kappa shape index (κ3) is 7.51. The first-order valence-corrected chi connectivity index (χ1v) is 22.1. The van der Waals surface area contributed by atoms with Crippen LogP contribution in [0.4, 0.5) is 30.8 Å². The fraction of sp³-hybridized carbons (Fsp3) is 0.455. The van der Waals surface area contributed by atoms with Crippen LogP contribution < -0.4 is 30.1 Å². The van der Waals surface area contributed by atoms with Crippen LogP contribution in [-0.4, -0.2) is 105 Å². The Morgan fingerprint density at radius 2 is 1.81 bits per heavy atom. The summed E-state index contributed by atoms with van der Waals surface area (Å²) in [6, 6.07) is 12.4. The van der Waals surface area contributed by atoms with E-state index in [-0.39, 0.29) is 64.4 Å². The van der Waals surface area contributed by atoms with Gasteiger partial charge < -0.3 is 19.1 Å². The highest BCUT2D eigenvalue weighted by atomic mass is 32.2. The first-order valence-electron chi connectivity index (χ1n) is 21.3. The second-order valence-corrected chi connectivity index (χ2v) is 18.0. The van der Waals surface area contributed by atoms with E-state index < -0.39 is 11.8 Å². The highest BCUT2D eigenvalue weighted by Crippen LogP contribution is 2.54. The van der Waals surface area contributed by atoms with Gasteiger partial charge in [0.15, 0.2) is 17.4 Å². The molecule has 2 aromatic heterocycles. The molecule has 5 aromatic rings. The molecular weight excluding hydrogens is 833 g/mol. The lowest BCUT2D eigenvalue weighted by Gasteiger charge is -2.64. The number of ether oxygens (including phenoxy) is 2. The smallest absolute Gasteiger partial charge is 0.329 e. The third-order valence-electron chi connectivity index (χ3n) is 13.0. The summed E-state index contributed by atoms with van der Waals surface area (Å²) in [7, 11) is 3.65. The van der Waals surface area contributed by atoms with Crippen molar-refractivity contribution in [3.8, 4) is 17.6 Å². The predicted molar refractivity (Wildman–Crippen MR) is 236 cm³/mol. The number of imide groups is 1. The van der Waals surface area contributed by atoms with Crippen LogP contribution in [0.15, 0.2) is 53.6 Å². The quantitative estimate of drug-likeness (QED) is 0.150. The summed E-state index contributed by atoms with van der Waals surface area (Å²) in [5.41, 5.74) is 1.63. The van der Waals surface area contributed by atoms with Gasteiger partial charge in [0, 0.05) is 88.1 Å². The number of amides is 3. The summed E-state index contributed by atoms with van der Waals surface area (Å²) in [5.74, 6) is -1.12. The lowest BCUT2D eigenvalue weighted by molar-refractivity contribution is -0.158. The van der Waals surface area contributed by atoms with Crippen molar-refractivity contribution < 1.29 is 27.8 Å². The van der Waals surface area contributed by atoms with E-state index >= 15 is 8.78 Å². The minimum Gasteiger partial charge on any atom is -0.453 e. The maximum absolute atomic E-state index is 15.6. The van der Waals surface area contributed by atoms with Crippen molar-refractivity contribution in [1.82, 2.24) is 33.9 Å². The van der Waals surface area contributed by atoms with Gasteiger partial charge in [0.05, 0.1) is 52.4 Å². The number of benzene rings is 3. The van der Waals surface area contributed by atoms with Gasteiger partial charge in [-0.15, -0.1) is 0 Å². The average molecular weight is 882 g/mol. The molecule has 4 saturated heterocycles. The topological polar surface area (TPSA) is 166 Å². The number of likely N-dealkylation sites (tertiary alicyclic amines) is 1. The van der Waals surface area contributed by atoms with E-state index in [9.17, 15) is 19.6 Å². The van der Waals surface area contributed by atoms with Gasteiger partial charge in [0.2, 0.25) is 5.91 Å². The van der Waals surface area contributed by atoms with Crippen LogP contribution in [0.5, 0.6) is 11.5 Å². The number of aromatic nitrogens is 4. The SMILES string of the molecule is CC.CCN(C)SNc1ccc(F)c(Oc2ccc3ncn(C4COC5(C4)CN(C4CC6(C4)CN(c4cc7c(cc4F)c(N4CCC(=O)NC4=O)nn7C)C6)C5)c(=O)c3c2)c1C#N. The monoisotopic (exact) mass is 881 g/mol. The second-order valence-electron chi connectivity index (χ2n) is 17.0. The fourth-order valence-electron chi connectivity index (χ4n) is 9.62. The molecule has 2 N–H and O–H groups in total. The van der Waals surface area contributed by atoms with E-state index in [0.29, 0.717) is 58.1 Å². The summed E-state index contributed by atoms with van der Waals surface area (Å²) in [6.07, 6.45) is 4.41. The second kappa shape index (κ2) is 16.4. The van der Waals surface area contributed by atoms with Crippen molar-refractivity contribution in [2.45, 2.75) is 64.1 Å². The van der Waals surface area contributed by atoms with E-state index in [2.05, 4.69) is 29.9 Å². The first-order chi connectivity index (χ1) is 30.3. The molecule has 5 aliphatic rings. The molecule has 16 nitrogen and oxygen atoms in total. The minimum atomic E-state index is -0.702. The summed E-state index contributed by atoms with van der Waals surface area (Å²) in [4.78, 5) is 48.5. The zero-order valence-electron chi connectivity index (χ0n) is 35.8. The van der Waals surface area contributed by atoms with Crippen LogP contribution in [0.3, 0.4) is 0 Å². The Balaban J connectivity index is 0.00000249. The van der Waals surface area contributed by atoms with E-state index in [4.69, 9.17) is 9.47 Å². The van der Waals surface area contributed by atoms with Gasteiger partial charge in [0.25, 0.3) is 5.56 Å². The molecular formula is C44H49F2N11O5S. The molecule has 10 rings (SSSR count). The summed E-state index contributed by atoms with van der Waals surface area (Å²) < 4.78 is 51.3. The zero-order chi connectivity index (χ0) is 44.4. The normalized spacial score (nSPS) is 20.3. The molecule has 5 fully saturated rings. The molecule has 3 amide bonds. The predicted octanol–water partition coefficient (Wildman–Crippen LogP) is 6.31. The molecule has 19 heteroatoms. The minimum absolute atomic E-state index is 0.00749. The van der Waals surface area contributed by atoms with Crippen LogP contribution >= 0.6 is 12.1 Å². The Hall–Kier alpha value is -5.81. The number of carbonyl (C=O) groups is 2. The molecule has 3 aromatic carbocycles. The number of halogens is 2. The number of hydrogen-bond acceptors (Lipinski definition) is 13. The number of rotatable bonds is 10. The standard InChI is InChI=1S/C42H43F2N11O5S.C2H6/c1-4-50(2)61-49-33-8-6-30(43)37(29(33)17-45)60-26-5-7-32-27(11-26)39(57)55(23-46-32)25-16-42(59-18-25)21-52(22-42)24-14-41(15-24)19-53(20-41)35-13-34-28(12-31(35)44)38(48-51(34)3)54-10-9-36(56)47-40(54)58;1-2/h5-8,11-13,23-25,49H,4,9-10,14-16,18-22H2,1-3H3,(H,47,56,58);1-2H3. The zero-order valence-corrected chi connectivity index (χ0v) is 36.6. The molecule has 4 aliphatic heterocycles. The van der Waals surface area contributed by atoms with Crippen molar-refractivity contribution >= 4 is 63.1 Å². The van der Waals surface area contributed by atoms with E-state index in [0.717, 1.165) is 45.6 Å². The van der Waals surface area contributed by atoms with Gasteiger partial charge >= 0.3 is 6.03 Å². The van der Waals surface area contributed by atoms with Crippen LogP contribution in [0.2, 0.25) is 0 Å². The number of urea groups is 1. The van der Waals surface area contributed by atoms with E-state index in [1.54, 1.807) is 40.8 Å². The number of aryl methyl sites for hydroxylation is 1. The Morgan fingerprint density at radius 1 is 1.03 bits per heavy atom. The van der Waals surface area contributed by atoms with E-state index in [1.807, 2.05) is 38.2 Å². The maximum Gasteiger partial charge on any atom is 0.329 e. The Labute approximate surface area is 367 Å². The van der Waals surface area contributed by atoms with Crippen molar-refractivity contribution in [1.29, 1.82) is 5.26 Å². The molecule has 1 unspecified atom stereocenters. The summed E-state index contributed by atoms with van der Waals surface area (Å²) in [5, 5.41) is 17.6. The summed E-state index contributed by atoms with van der Waals surface area (Å²) in [6.45, 7) is 10.3. The van der Waals surface area contributed by atoms with Crippen LogP contribution in [0, 0.1) is 28.4 Å². The number of nitrogens with zero attached hydrogens (tertiary/aromatic N) is 9. The van der Waals surface area contributed by atoms with Gasteiger partial charge in [-0.2, -0.15) is 10.4 Å². The van der Waals surface area contributed by atoms with Crippen LogP contribution in [0.25, 0.3) is 21.8 Å². The van der Waals surface area contributed by atoms with Gasteiger partial charge in [0.1, 0.15) is 23.2 Å². The molecule has 1 atom stereocenters. The molecule has 0 radical (unpaired) electrons. The molecule has 63 heavy (non-hydrogen) atoms. The van der Waals surface area contributed by atoms with Gasteiger partial charge in [-0.1, -0.05) is 20.8 Å². The van der Waals surface area contributed by atoms with Crippen molar-refractivity contribution in [2.75, 3.05) is 67.4 Å². The largest absolute Gasteiger partial charge is 0.453 e. The number of fused-ring (bicyclic) bond motifs is 2. The van der Waals surface area contributed by atoms with Crippen molar-refractivity contribution in [2.24, 2.45) is 12.5 Å². The fourth-order valence-corrected chi connectivity index (χ4v) is 10.2. The third-order valence-corrected chi connectivity index (χ3v) is 13.9. The van der Waals surface area contributed by atoms with Crippen molar-refractivity contribution in [3.05, 3.63) is 76.3 Å². The average Bonchev–Trinajstić information content (AvgIpc) is 3.82. The number of nitriles is 1. The van der Waals surface area contributed by atoms with E-state index in [1.165, 1.54) is 41.3 Å².